The van der Waals surface area contributed by atoms with Gasteiger partial charge in [0, 0.05) is 24.7 Å². The van der Waals surface area contributed by atoms with Crippen molar-refractivity contribution in [1.29, 1.82) is 0 Å². The predicted molar refractivity (Wildman–Crippen MR) is 107 cm³/mol. The number of anilines is 1. The second-order valence-electron chi connectivity index (χ2n) is 6.69. The first-order chi connectivity index (χ1) is 13.5. The Morgan fingerprint density at radius 3 is 2.50 bits per heavy atom. The number of hydrogen-bond acceptors (Lipinski definition) is 4. The van der Waals surface area contributed by atoms with Crippen LogP contribution in [0, 0.1) is 0 Å². The van der Waals surface area contributed by atoms with Gasteiger partial charge in [0.05, 0.1) is 26.3 Å². The van der Waals surface area contributed by atoms with Crippen molar-refractivity contribution in [1.82, 2.24) is 10.6 Å². The summed E-state index contributed by atoms with van der Waals surface area (Å²) in [6.45, 7) is 2.33. The molecule has 0 saturated carbocycles. The zero-order chi connectivity index (χ0) is 20.1. The lowest BCUT2D eigenvalue weighted by Crippen LogP contribution is -2.44. The van der Waals surface area contributed by atoms with E-state index in [2.05, 4.69) is 10.6 Å². The summed E-state index contributed by atoms with van der Waals surface area (Å²) >= 11 is 0. The highest BCUT2D eigenvalue weighted by Crippen LogP contribution is 2.33. The average Bonchev–Trinajstić information content (AvgIpc) is 3.07. The largest absolute Gasteiger partial charge is 0.493 e. The molecule has 148 valence electrons. The highest BCUT2D eigenvalue weighted by Gasteiger charge is 2.32. The number of methoxy groups -OCH3 is 2. The van der Waals surface area contributed by atoms with Crippen LogP contribution in [0.4, 0.5) is 10.5 Å². The molecular weight excluding hydrogens is 358 g/mol. The number of nitrogens with one attached hydrogen (secondary N) is 2. The van der Waals surface area contributed by atoms with E-state index >= 15 is 0 Å². The molecule has 2 aromatic rings. The fraction of sp³-hybridized carbons (Fsp3) is 0.333. The Morgan fingerprint density at radius 1 is 1.11 bits per heavy atom. The first-order valence-corrected chi connectivity index (χ1v) is 9.16. The predicted octanol–water partition coefficient (Wildman–Crippen LogP) is 2.87. The Hall–Kier alpha value is -3.22. The topological polar surface area (TPSA) is 79.9 Å². The zero-order valence-corrected chi connectivity index (χ0v) is 16.3. The minimum absolute atomic E-state index is 0.0476. The number of nitrogens with zero attached hydrogens (tertiary/aromatic N) is 1. The van der Waals surface area contributed by atoms with Crippen LogP contribution in [-0.4, -0.2) is 38.7 Å². The number of carbonyl (C=O) groups excluding carboxylic acids is 2. The molecule has 1 aliphatic rings. The quantitative estimate of drug-likeness (QED) is 0.804. The van der Waals surface area contributed by atoms with Gasteiger partial charge >= 0.3 is 6.03 Å². The Kier molecular flexibility index (Phi) is 6.03. The second kappa shape index (κ2) is 8.65. The molecule has 1 aliphatic heterocycles. The van der Waals surface area contributed by atoms with Crippen LogP contribution < -0.4 is 25.0 Å². The number of benzene rings is 2. The molecule has 3 rings (SSSR count). The number of carbonyl (C=O) groups is 2. The molecule has 2 atom stereocenters. The SMILES string of the molecule is COc1ccc(N2CC(NC(=O)NC(C)c3ccccc3)CC2=O)cc1OC. The molecular formula is C21H25N3O4. The molecule has 28 heavy (non-hydrogen) atoms. The number of hydrogen-bond donors (Lipinski definition) is 2. The molecule has 3 amide bonds. The summed E-state index contributed by atoms with van der Waals surface area (Å²) in [5.74, 6) is 1.11. The van der Waals surface area contributed by atoms with Crippen molar-refractivity contribution in [2.45, 2.75) is 25.4 Å². The van der Waals surface area contributed by atoms with Gasteiger partial charge in [-0.3, -0.25) is 4.79 Å². The number of ether oxygens (including phenoxy) is 2. The summed E-state index contributed by atoms with van der Waals surface area (Å²) in [4.78, 5) is 26.4. The van der Waals surface area contributed by atoms with E-state index in [1.165, 1.54) is 0 Å². The minimum atomic E-state index is -0.289. The van der Waals surface area contributed by atoms with Gasteiger partial charge in [0.2, 0.25) is 5.91 Å². The average molecular weight is 383 g/mol. The summed E-state index contributed by atoms with van der Waals surface area (Å²) < 4.78 is 10.5. The van der Waals surface area contributed by atoms with E-state index in [0.29, 0.717) is 23.7 Å². The van der Waals surface area contributed by atoms with E-state index in [1.54, 1.807) is 37.3 Å². The van der Waals surface area contributed by atoms with Crippen molar-refractivity contribution >= 4 is 17.6 Å². The van der Waals surface area contributed by atoms with Crippen LogP contribution in [0.2, 0.25) is 0 Å². The molecule has 1 saturated heterocycles. The maximum absolute atomic E-state index is 12.4. The van der Waals surface area contributed by atoms with Crippen LogP contribution in [0.25, 0.3) is 0 Å². The summed E-state index contributed by atoms with van der Waals surface area (Å²) in [5, 5.41) is 5.80. The minimum Gasteiger partial charge on any atom is -0.493 e. The molecule has 7 heteroatoms. The van der Waals surface area contributed by atoms with E-state index in [1.807, 2.05) is 37.3 Å². The van der Waals surface area contributed by atoms with Crippen molar-refractivity contribution in [2.75, 3.05) is 25.7 Å². The molecule has 7 nitrogen and oxygen atoms in total. The van der Waals surface area contributed by atoms with E-state index in [4.69, 9.17) is 9.47 Å². The smallest absolute Gasteiger partial charge is 0.315 e. The molecule has 0 aliphatic carbocycles. The molecule has 0 spiro atoms. The van der Waals surface area contributed by atoms with Crippen LogP contribution in [0.5, 0.6) is 11.5 Å². The van der Waals surface area contributed by atoms with Gasteiger partial charge < -0.3 is 25.0 Å². The van der Waals surface area contributed by atoms with Crippen LogP contribution in [0.3, 0.4) is 0 Å². The van der Waals surface area contributed by atoms with E-state index in [9.17, 15) is 9.59 Å². The summed E-state index contributed by atoms with van der Waals surface area (Å²) in [6.07, 6.45) is 0.251. The monoisotopic (exact) mass is 383 g/mol. The Balaban J connectivity index is 1.60. The van der Waals surface area contributed by atoms with Gasteiger partial charge in [0.15, 0.2) is 11.5 Å². The third-order valence-electron chi connectivity index (χ3n) is 4.79. The van der Waals surface area contributed by atoms with Crippen LogP contribution in [0.15, 0.2) is 48.5 Å². The normalized spacial score (nSPS) is 17.2. The molecule has 2 unspecified atom stereocenters. The Labute approximate surface area is 164 Å². The number of rotatable bonds is 6. The zero-order valence-electron chi connectivity index (χ0n) is 16.3. The summed E-state index contributed by atoms with van der Waals surface area (Å²) in [5.41, 5.74) is 1.73. The lowest BCUT2D eigenvalue weighted by Gasteiger charge is -2.20. The van der Waals surface area contributed by atoms with E-state index in [0.717, 1.165) is 5.56 Å². The van der Waals surface area contributed by atoms with E-state index in [-0.39, 0.29) is 30.4 Å². The second-order valence-corrected chi connectivity index (χ2v) is 6.69. The van der Waals surface area contributed by atoms with Gasteiger partial charge in [0.25, 0.3) is 0 Å². The van der Waals surface area contributed by atoms with Gasteiger partial charge in [-0.2, -0.15) is 0 Å². The molecule has 0 bridgehead atoms. The molecule has 2 aromatic carbocycles. The maximum atomic E-state index is 12.4. The van der Waals surface area contributed by atoms with Crippen LogP contribution >= 0.6 is 0 Å². The van der Waals surface area contributed by atoms with Crippen LogP contribution in [0.1, 0.15) is 24.9 Å². The van der Waals surface area contributed by atoms with Crippen molar-refractivity contribution in [2.24, 2.45) is 0 Å². The highest BCUT2D eigenvalue weighted by atomic mass is 16.5. The van der Waals surface area contributed by atoms with Crippen molar-refractivity contribution in [3.8, 4) is 11.5 Å². The third kappa shape index (κ3) is 4.36. The fourth-order valence-corrected chi connectivity index (χ4v) is 3.30. The van der Waals surface area contributed by atoms with Crippen molar-refractivity contribution < 1.29 is 19.1 Å². The molecule has 0 aromatic heterocycles. The van der Waals surface area contributed by atoms with Gasteiger partial charge in [-0.05, 0) is 24.6 Å². The van der Waals surface area contributed by atoms with Gasteiger partial charge in [-0.25, -0.2) is 4.79 Å². The Bertz CT molecular complexity index is 841. The van der Waals surface area contributed by atoms with Gasteiger partial charge in [-0.15, -0.1) is 0 Å². The summed E-state index contributed by atoms with van der Waals surface area (Å²) in [6, 6.07) is 14.4. The molecule has 0 radical (unpaired) electrons. The lowest BCUT2D eigenvalue weighted by molar-refractivity contribution is -0.117. The van der Waals surface area contributed by atoms with Crippen molar-refractivity contribution in [3.05, 3.63) is 54.1 Å². The first-order valence-electron chi connectivity index (χ1n) is 9.16. The highest BCUT2D eigenvalue weighted by molar-refractivity contribution is 5.97. The molecule has 2 N–H and O–H groups in total. The van der Waals surface area contributed by atoms with Gasteiger partial charge in [-0.1, -0.05) is 30.3 Å². The third-order valence-corrected chi connectivity index (χ3v) is 4.79. The Morgan fingerprint density at radius 2 is 1.82 bits per heavy atom. The number of amides is 3. The summed E-state index contributed by atoms with van der Waals surface area (Å²) in [7, 11) is 3.11. The van der Waals surface area contributed by atoms with E-state index < -0.39 is 0 Å². The van der Waals surface area contributed by atoms with Gasteiger partial charge in [0.1, 0.15) is 0 Å². The number of urea groups is 1. The molecule has 1 fully saturated rings. The lowest BCUT2D eigenvalue weighted by atomic mass is 10.1. The van der Waals surface area contributed by atoms with Crippen LogP contribution in [-0.2, 0) is 4.79 Å². The molecule has 1 heterocycles. The fourth-order valence-electron chi connectivity index (χ4n) is 3.30. The standard InChI is InChI=1S/C21H25N3O4/c1-14(15-7-5-4-6-8-15)22-21(26)23-16-11-20(25)24(13-16)17-9-10-18(27-2)19(12-17)28-3/h4-10,12,14,16H,11,13H2,1-3H3,(H2,22,23,26). The maximum Gasteiger partial charge on any atom is 0.315 e. The van der Waals surface area contributed by atoms with Crippen molar-refractivity contribution in [3.63, 3.8) is 0 Å². The first kappa shape index (κ1) is 19.5.